The molecule has 0 saturated carbocycles. The maximum Gasteiger partial charge on any atom is 0.329 e. The molecule has 0 atom stereocenters. The van der Waals surface area contributed by atoms with Gasteiger partial charge in [0.25, 0.3) is 5.56 Å². The van der Waals surface area contributed by atoms with E-state index in [9.17, 15) is 14.0 Å². The van der Waals surface area contributed by atoms with E-state index in [1.54, 1.807) is 0 Å². The normalized spacial score (nSPS) is 10.5. The molecule has 0 spiro atoms. The van der Waals surface area contributed by atoms with Crippen molar-refractivity contribution >= 4 is 11.6 Å². The minimum atomic E-state index is -1.11. The maximum atomic E-state index is 13.0. The highest BCUT2D eigenvalue weighted by Crippen LogP contribution is 2.02. The van der Waals surface area contributed by atoms with E-state index in [1.165, 1.54) is 0 Å². The molecule has 1 rings (SSSR count). The molecule has 0 radical (unpaired) electrons. The van der Waals surface area contributed by atoms with E-state index in [2.05, 4.69) is 4.98 Å². The van der Waals surface area contributed by atoms with Crippen molar-refractivity contribution in [2.75, 3.05) is 0 Å². The molecule has 0 saturated heterocycles. The molecule has 14 heavy (non-hydrogen) atoms. The Kier molecular flexibility index (Phi) is 3.46. The van der Waals surface area contributed by atoms with Gasteiger partial charge in [-0.05, 0) is 6.42 Å². The quantitative estimate of drug-likeness (QED) is 0.777. The number of rotatable bonds is 3. The van der Waals surface area contributed by atoms with Gasteiger partial charge in [0.05, 0.1) is 0 Å². The molecule has 0 aliphatic rings. The summed E-state index contributed by atoms with van der Waals surface area (Å²) in [6, 6.07) is 0. The molecule has 6 heteroatoms. The minimum absolute atomic E-state index is 0.207. The van der Waals surface area contributed by atoms with Gasteiger partial charge in [-0.2, -0.15) is 4.39 Å². The van der Waals surface area contributed by atoms with Crippen LogP contribution in [0.15, 0.2) is 9.59 Å². The van der Waals surface area contributed by atoms with Crippen LogP contribution >= 0.6 is 11.6 Å². The summed E-state index contributed by atoms with van der Waals surface area (Å²) in [5.41, 5.74) is -1.64. The van der Waals surface area contributed by atoms with E-state index in [0.29, 0.717) is 6.42 Å². The van der Waals surface area contributed by atoms with Crippen LogP contribution in [0.4, 0.5) is 4.39 Å². The number of aromatic amines is 1. The van der Waals surface area contributed by atoms with Crippen LogP contribution in [0.25, 0.3) is 0 Å². The van der Waals surface area contributed by atoms with Crippen LogP contribution in [0, 0.1) is 5.82 Å². The molecule has 0 aliphatic carbocycles. The Labute approximate surface area is 84.3 Å². The number of nitrogens with one attached hydrogen (secondary N) is 1. The number of nitrogens with zero attached hydrogens (tertiary/aromatic N) is 1. The van der Waals surface area contributed by atoms with Gasteiger partial charge in [-0.1, -0.05) is 24.9 Å². The third-order valence-corrected chi connectivity index (χ3v) is 2.08. The highest BCUT2D eigenvalue weighted by Gasteiger charge is 2.11. The second kappa shape index (κ2) is 4.41. The summed E-state index contributed by atoms with van der Waals surface area (Å²) >= 11 is 5.28. The largest absolute Gasteiger partial charge is 0.329 e. The van der Waals surface area contributed by atoms with Crippen molar-refractivity contribution in [2.24, 2.45) is 0 Å². The first-order valence-electron chi connectivity index (χ1n) is 4.26. The molecule has 1 heterocycles. The van der Waals surface area contributed by atoms with E-state index < -0.39 is 22.2 Å². The number of hydrogen-bond acceptors (Lipinski definition) is 2. The number of H-pyrrole nitrogens is 1. The Bertz CT molecular complexity index is 438. The SMILES string of the molecule is CCCCn1c(=O)[nH]c(Cl)c(F)c1=O. The predicted molar refractivity (Wildman–Crippen MR) is 51.2 cm³/mol. The van der Waals surface area contributed by atoms with Crippen molar-refractivity contribution in [3.8, 4) is 0 Å². The van der Waals surface area contributed by atoms with E-state index in [-0.39, 0.29) is 6.54 Å². The van der Waals surface area contributed by atoms with E-state index >= 15 is 0 Å². The minimum Gasteiger partial charge on any atom is -0.295 e. The van der Waals surface area contributed by atoms with Gasteiger partial charge in [0, 0.05) is 6.54 Å². The Balaban J connectivity index is 3.23. The van der Waals surface area contributed by atoms with Crippen LogP contribution in [-0.4, -0.2) is 9.55 Å². The number of hydrogen-bond donors (Lipinski definition) is 1. The summed E-state index contributed by atoms with van der Waals surface area (Å²) in [5, 5.41) is -0.534. The van der Waals surface area contributed by atoms with Crippen LogP contribution in [-0.2, 0) is 6.54 Å². The molecule has 0 fully saturated rings. The van der Waals surface area contributed by atoms with Crippen LogP contribution in [0.1, 0.15) is 19.8 Å². The molecule has 0 unspecified atom stereocenters. The Morgan fingerprint density at radius 3 is 2.71 bits per heavy atom. The summed E-state index contributed by atoms with van der Waals surface area (Å²) in [7, 11) is 0. The van der Waals surface area contributed by atoms with Gasteiger partial charge in [-0.15, -0.1) is 0 Å². The summed E-state index contributed by atoms with van der Waals surface area (Å²) in [5.74, 6) is -1.11. The molecule has 1 aromatic heterocycles. The zero-order valence-corrected chi connectivity index (χ0v) is 8.40. The third-order valence-electron chi connectivity index (χ3n) is 1.82. The highest BCUT2D eigenvalue weighted by molar-refractivity contribution is 6.29. The molecule has 1 aromatic rings. The van der Waals surface area contributed by atoms with Crippen molar-refractivity contribution in [3.05, 3.63) is 31.8 Å². The Morgan fingerprint density at radius 1 is 1.50 bits per heavy atom. The van der Waals surface area contributed by atoms with E-state index in [4.69, 9.17) is 11.6 Å². The fourth-order valence-electron chi connectivity index (χ4n) is 1.04. The molecular formula is C8H10ClFN2O2. The van der Waals surface area contributed by atoms with Gasteiger partial charge < -0.3 is 0 Å². The van der Waals surface area contributed by atoms with Gasteiger partial charge in [-0.3, -0.25) is 14.3 Å². The number of unbranched alkanes of at least 4 members (excludes halogenated alkanes) is 1. The van der Waals surface area contributed by atoms with Crippen LogP contribution in [0.3, 0.4) is 0 Å². The third kappa shape index (κ3) is 2.04. The number of halogens is 2. The highest BCUT2D eigenvalue weighted by atomic mass is 35.5. The predicted octanol–water partition coefficient (Wildman–Crippen LogP) is 1.13. The molecular weight excluding hydrogens is 211 g/mol. The fourth-order valence-corrected chi connectivity index (χ4v) is 1.20. The lowest BCUT2D eigenvalue weighted by atomic mass is 10.3. The van der Waals surface area contributed by atoms with Crippen LogP contribution in [0.5, 0.6) is 0 Å². The van der Waals surface area contributed by atoms with Crippen molar-refractivity contribution in [3.63, 3.8) is 0 Å². The maximum absolute atomic E-state index is 13.0. The fraction of sp³-hybridized carbons (Fsp3) is 0.500. The zero-order valence-electron chi connectivity index (χ0n) is 7.64. The topological polar surface area (TPSA) is 54.9 Å². The first kappa shape index (κ1) is 11.0. The summed E-state index contributed by atoms with van der Waals surface area (Å²) < 4.78 is 13.8. The van der Waals surface area contributed by atoms with Crippen LogP contribution in [0.2, 0.25) is 5.15 Å². The Morgan fingerprint density at radius 2 is 2.14 bits per heavy atom. The standard InChI is InChI=1S/C8H10ClFN2O2/c1-2-3-4-12-7(13)5(10)6(9)11-8(12)14/h2-4H2,1H3,(H,11,14). The zero-order chi connectivity index (χ0) is 10.7. The lowest BCUT2D eigenvalue weighted by Crippen LogP contribution is -2.37. The molecule has 1 N–H and O–H groups in total. The van der Waals surface area contributed by atoms with Crippen molar-refractivity contribution in [1.82, 2.24) is 9.55 Å². The summed E-state index contributed by atoms with van der Waals surface area (Å²) in [6.45, 7) is 2.12. The average Bonchev–Trinajstić information content (AvgIpc) is 2.14. The van der Waals surface area contributed by atoms with Crippen molar-refractivity contribution < 1.29 is 4.39 Å². The second-order valence-corrected chi connectivity index (χ2v) is 3.25. The summed E-state index contributed by atoms with van der Waals surface area (Å²) in [6.07, 6.45) is 1.46. The molecule has 78 valence electrons. The first-order chi connectivity index (χ1) is 6.57. The van der Waals surface area contributed by atoms with Crippen molar-refractivity contribution in [1.29, 1.82) is 0 Å². The van der Waals surface area contributed by atoms with Gasteiger partial charge in [0.2, 0.25) is 5.82 Å². The average molecular weight is 221 g/mol. The summed E-state index contributed by atoms with van der Waals surface area (Å²) in [4.78, 5) is 24.4. The monoisotopic (exact) mass is 220 g/mol. The Hall–Kier alpha value is -1.10. The lowest BCUT2D eigenvalue weighted by Gasteiger charge is -2.03. The number of aromatic nitrogens is 2. The van der Waals surface area contributed by atoms with Gasteiger partial charge in [0.15, 0.2) is 5.15 Å². The molecule has 0 aliphatic heterocycles. The lowest BCUT2D eigenvalue weighted by molar-refractivity contribution is 0.523. The smallest absolute Gasteiger partial charge is 0.295 e. The van der Waals surface area contributed by atoms with Crippen molar-refractivity contribution in [2.45, 2.75) is 26.3 Å². The van der Waals surface area contributed by atoms with Gasteiger partial charge in [0.1, 0.15) is 0 Å². The van der Waals surface area contributed by atoms with Gasteiger partial charge >= 0.3 is 5.69 Å². The first-order valence-corrected chi connectivity index (χ1v) is 4.63. The molecule has 0 amide bonds. The van der Waals surface area contributed by atoms with E-state index in [1.807, 2.05) is 6.92 Å². The van der Waals surface area contributed by atoms with E-state index in [0.717, 1.165) is 11.0 Å². The van der Waals surface area contributed by atoms with Crippen LogP contribution < -0.4 is 11.2 Å². The second-order valence-electron chi connectivity index (χ2n) is 2.87. The molecule has 4 nitrogen and oxygen atoms in total. The van der Waals surface area contributed by atoms with Gasteiger partial charge in [-0.25, -0.2) is 4.79 Å². The molecule has 0 bridgehead atoms. The molecule has 0 aromatic carbocycles.